The van der Waals surface area contributed by atoms with Gasteiger partial charge in [0.05, 0.1) is 35.4 Å². The van der Waals surface area contributed by atoms with Crippen LogP contribution in [-0.4, -0.2) is 28.0 Å². The van der Waals surface area contributed by atoms with Crippen LogP contribution in [-0.2, 0) is 16.1 Å². The molecule has 6 nitrogen and oxygen atoms in total. The second-order valence-electron chi connectivity index (χ2n) is 5.15. The van der Waals surface area contributed by atoms with E-state index in [4.69, 9.17) is 4.74 Å². The Morgan fingerprint density at radius 3 is 2.38 bits per heavy atom. The van der Waals surface area contributed by atoms with E-state index in [0.29, 0.717) is 35.2 Å². The SMILES string of the molecule is CCOC(=O)c1ccc(-n2c(=O)n(CC=O)c3ccccc32)cc1. The molecular formula is C18H16N2O4. The third-order valence-electron chi connectivity index (χ3n) is 3.73. The zero-order valence-corrected chi connectivity index (χ0v) is 13.1. The van der Waals surface area contributed by atoms with E-state index < -0.39 is 5.97 Å². The van der Waals surface area contributed by atoms with Crippen LogP contribution in [0, 0.1) is 0 Å². The number of rotatable bonds is 5. The molecule has 24 heavy (non-hydrogen) atoms. The van der Waals surface area contributed by atoms with Gasteiger partial charge in [0.25, 0.3) is 0 Å². The van der Waals surface area contributed by atoms with Crippen LogP contribution in [0.4, 0.5) is 0 Å². The summed E-state index contributed by atoms with van der Waals surface area (Å²) >= 11 is 0. The van der Waals surface area contributed by atoms with Crippen molar-refractivity contribution in [2.75, 3.05) is 6.61 Å². The van der Waals surface area contributed by atoms with Gasteiger partial charge in [-0.05, 0) is 43.3 Å². The molecule has 0 bridgehead atoms. The molecular weight excluding hydrogens is 308 g/mol. The Morgan fingerprint density at radius 2 is 1.75 bits per heavy atom. The lowest BCUT2D eigenvalue weighted by atomic mass is 10.2. The van der Waals surface area contributed by atoms with Gasteiger partial charge < -0.3 is 9.53 Å². The molecule has 0 fully saturated rings. The zero-order valence-electron chi connectivity index (χ0n) is 13.1. The summed E-state index contributed by atoms with van der Waals surface area (Å²) in [7, 11) is 0. The highest BCUT2D eigenvalue weighted by Crippen LogP contribution is 2.18. The van der Waals surface area contributed by atoms with Gasteiger partial charge in [0.2, 0.25) is 0 Å². The fourth-order valence-corrected chi connectivity index (χ4v) is 2.67. The first-order valence-corrected chi connectivity index (χ1v) is 7.59. The number of aromatic nitrogens is 2. The molecule has 0 aliphatic rings. The number of carbonyl (C=O) groups excluding carboxylic acids is 2. The van der Waals surface area contributed by atoms with Crippen molar-refractivity contribution in [3.05, 3.63) is 64.6 Å². The minimum absolute atomic E-state index is 0.00669. The molecule has 0 aliphatic carbocycles. The monoisotopic (exact) mass is 324 g/mol. The summed E-state index contributed by atoms with van der Waals surface area (Å²) in [6, 6.07) is 13.9. The molecule has 0 saturated carbocycles. The van der Waals surface area contributed by atoms with Crippen LogP contribution in [0.5, 0.6) is 0 Å². The lowest BCUT2D eigenvalue weighted by Crippen LogP contribution is -2.23. The second-order valence-corrected chi connectivity index (χ2v) is 5.15. The predicted molar refractivity (Wildman–Crippen MR) is 89.6 cm³/mol. The summed E-state index contributed by atoms with van der Waals surface area (Å²) in [5.41, 5.74) is 2.13. The lowest BCUT2D eigenvalue weighted by molar-refractivity contribution is -0.108. The van der Waals surface area contributed by atoms with E-state index in [0.717, 1.165) is 0 Å². The van der Waals surface area contributed by atoms with Crippen LogP contribution in [0.3, 0.4) is 0 Å². The number of esters is 1. The first-order valence-electron chi connectivity index (χ1n) is 7.59. The van der Waals surface area contributed by atoms with Crippen molar-refractivity contribution in [1.29, 1.82) is 0 Å². The van der Waals surface area contributed by atoms with Gasteiger partial charge in [0.15, 0.2) is 0 Å². The fraction of sp³-hybridized carbons (Fsp3) is 0.167. The normalized spacial score (nSPS) is 10.7. The Morgan fingerprint density at radius 1 is 1.08 bits per heavy atom. The number of aldehydes is 1. The molecule has 0 radical (unpaired) electrons. The van der Waals surface area contributed by atoms with Gasteiger partial charge in [-0.1, -0.05) is 12.1 Å². The molecule has 0 N–H and O–H groups in total. The van der Waals surface area contributed by atoms with Crippen molar-refractivity contribution >= 4 is 23.3 Å². The van der Waals surface area contributed by atoms with Crippen LogP contribution < -0.4 is 5.69 Å². The summed E-state index contributed by atoms with van der Waals surface area (Å²) in [5.74, 6) is -0.403. The highest BCUT2D eigenvalue weighted by Gasteiger charge is 2.14. The summed E-state index contributed by atoms with van der Waals surface area (Å²) < 4.78 is 7.89. The van der Waals surface area contributed by atoms with Crippen molar-refractivity contribution in [1.82, 2.24) is 9.13 Å². The van der Waals surface area contributed by atoms with Gasteiger partial charge in [-0.2, -0.15) is 0 Å². The number of para-hydroxylation sites is 2. The van der Waals surface area contributed by atoms with Gasteiger partial charge in [-0.25, -0.2) is 9.59 Å². The van der Waals surface area contributed by atoms with Crippen LogP contribution in [0.1, 0.15) is 17.3 Å². The first-order chi connectivity index (χ1) is 11.7. The van der Waals surface area contributed by atoms with E-state index in [2.05, 4.69) is 0 Å². The molecule has 0 atom stereocenters. The molecule has 2 aromatic carbocycles. The summed E-state index contributed by atoms with van der Waals surface area (Å²) in [6.07, 6.45) is 0.696. The van der Waals surface area contributed by atoms with Gasteiger partial charge in [0, 0.05) is 0 Å². The third kappa shape index (κ3) is 2.62. The molecule has 3 rings (SSSR count). The maximum Gasteiger partial charge on any atom is 0.338 e. The molecule has 6 heteroatoms. The number of benzene rings is 2. The largest absolute Gasteiger partial charge is 0.462 e. The number of nitrogens with zero attached hydrogens (tertiary/aromatic N) is 2. The van der Waals surface area contributed by atoms with Crippen molar-refractivity contribution in [3.63, 3.8) is 0 Å². The number of hydrogen-bond acceptors (Lipinski definition) is 4. The summed E-state index contributed by atoms with van der Waals surface area (Å²) in [6.45, 7) is 2.04. The van der Waals surface area contributed by atoms with E-state index in [1.807, 2.05) is 18.2 Å². The van der Waals surface area contributed by atoms with Crippen molar-refractivity contribution < 1.29 is 14.3 Å². The van der Waals surface area contributed by atoms with Crippen LogP contribution in [0.15, 0.2) is 53.3 Å². The number of fused-ring (bicyclic) bond motifs is 1. The highest BCUT2D eigenvalue weighted by atomic mass is 16.5. The molecule has 0 amide bonds. The number of imidazole rings is 1. The van der Waals surface area contributed by atoms with E-state index in [1.165, 1.54) is 9.13 Å². The zero-order chi connectivity index (χ0) is 17.1. The Bertz CT molecular complexity index is 951. The molecule has 0 spiro atoms. The van der Waals surface area contributed by atoms with Gasteiger partial charge >= 0.3 is 11.7 Å². The molecule has 3 aromatic rings. The summed E-state index contributed by atoms with van der Waals surface area (Å²) in [4.78, 5) is 35.3. The summed E-state index contributed by atoms with van der Waals surface area (Å²) in [5, 5.41) is 0. The Balaban J connectivity index is 2.13. The smallest absolute Gasteiger partial charge is 0.338 e. The Labute approximate surface area is 137 Å². The standard InChI is InChI=1S/C18H16N2O4/c1-2-24-17(22)13-7-9-14(10-8-13)20-16-6-4-3-5-15(16)19(11-12-21)18(20)23/h3-10,12H,2,11H2,1H3. The predicted octanol–water partition coefficient (Wildman–Crippen LogP) is 2.17. The average Bonchev–Trinajstić information content (AvgIpc) is 2.88. The molecule has 122 valence electrons. The maximum absolute atomic E-state index is 12.7. The van der Waals surface area contributed by atoms with Crippen LogP contribution in [0.2, 0.25) is 0 Å². The molecule has 1 heterocycles. The second kappa shape index (κ2) is 6.54. The van der Waals surface area contributed by atoms with Gasteiger partial charge in [-0.15, -0.1) is 0 Å². The Hall–Kier alpha value is -3.15. The van der Waals surface area contributed by atoms with Crippen molar-refractivity contribution in [2.45, 2.75) is 13.5 Å². The molecule has 0 saturated heterocycles. The lowest BCUT2D eigenvalue weighted by Gasteiger charge is -2.05. The minimum Gasteiger partial charge on any atom is -0.462 e. The third-order valence-corrected chi connectivity index (χ3v) is 3.73. The quantitative estimate of drug-likeness (QED) is 0.533. The number of carbonyl (C=O) groups is 2. The Kier molecular flexibility index (Phi) is 4.29. The van der Waals surface area contributed by atoms with Crippen LogP contribution in [0.25, 0.3) is 16.7 Å². The fourth-order valence-electron chi connectivity index (χ4n) is 2.67. The average molecular weight is 324 g/mol. The van der Waals surface area contributed by atoms with E-state index >= 15 is 0 Å². The number of ether oxygens (including phenoxy) is 1. The highest BCUT2D eigenvalue weighted by molar-refractivity contribution is 5.89. The molecule has 1 aromatic heterocycles. The van der Waals surface area contributed by atoms with E-state index in [1.54, 1.807) is 37.3 Å². The van der Waals surface area contributed by atoms with Crippen molar-refractivity contribution in [3.8, 4) is 5.69 Å². The van der Waals surface area contributed by atoms with E-state index in [-0.39, 0.29) is 12.2 Å². The topological polar surface area (TPSA) is 70.3 Å². The van der Waals surface area contributed by atoms with Crippen molar-refractivity contribution in [2.24, 2.45) is 0 Å². The number of hydrogen-bond donors (Lipinski definition) is 0. The molecule has 0 aliphatic heterocycles. The van der Waals surface area contributed by atoms with Gasteiger partial charge in [0.1, 0.15) is 6.29 Å². The van der Waals surface area contributed by atoms with Crippen LogP contribution >= 0.6 is 0 Å². The molecule has 0 unspecified atom stereocenters. The van der Waals surface area contributed by atoms with E-state index in [9.17, 15) is 14.4 Å². The maximum atomic E-state index is 12.7. The minimum atomic E-state index is -0.403. The first kappa shape index (κ1) is 15.7. The van der Waals surface area contributed by atoms with Gasteiger partial charge in [-0.3, -0.25) is 9.13 Å².